The zero-order valence-corrected chi connectivity index (χ0v) is 29.1. The maximum Gasteiger partial charge on any atom is 0.0541 e. The van der Waals surface area contributed by atoms with E-state index in [-0.39, 0.29) is 0 Å². The van der Waals surface area contributed by atoms with Crippen LogP contribution in [0.1, 0.15) is 29.0 Å². The molecule has 9 rings (SSSR count). The number of hydrogen-bond donors (Lipinski definition) is 0. The summed E-state index contributed by atoms with van der Waals surface area (Å²) in [7, 11) is 0. The summed E-state index contributed by atoms with van der Waals surface area (Å²) in [5.74, 6) is 0.290. The molecule has 248 valence electrons. The molecule has 1 aromatic heterocycles. The molecule has 0 radical (unpaired) electrons. The molecule has 0 saturated carbocycles. The fourth-order valence-electron chi connectivity index (χ4n) is 7.79. The standard InChI is InChI=1S/C51H39N/c1-4-12-38(13-5-1)40-25-29-43(30-26-40)47(44-31-27-41(28-32-44)39-14-6-2-7-15-39)34-22-37-20-23-42(24-21-37)45-33-35-51-49(36-45)48-18-10-11-19-50(48)52(51)46-16-8-3-9-17-46/h1-21,23-33,35-36,47H,22,34H2. The van der Waals surface area contributed by atoms with Gasteiger partial charge in [-0.05, 0) is 93.2 Å². The summed E-state index contributed by atoms with van der Waals surface area (Å²) in [6.07, 6.45) is 2.02. The Bertz CT molecular complexity index is 2480. The summed E-state index contributed by atoms with van der Waals surface area (Å²) in [5.41, 5.74) is 15.2. The van der Waals surface area contributed by atoms with Gasteiger partial charge in [-0.25, -0.2) is 0 Å². The number of hydrogen-bond acceptors (Lipinski definition) is 0. The van der Waals surface area contributed by atoms with Gasteiger partial charge >= 0.3 is 0 Å². The molecule has 0 saturated heterocycles. The molecule has 52 heavy (non-hydrogen) atoms. The lowest BCUT2D eigenvalue weighted by molar-refractivity contribution is 0.715. The van der Waals surface area contributed by atoms with Gasteiger partial charge in [-0.15, -0.1) is 0 Å². The number of fused-ring (bicyclic) bond motifs is 3. The molecule has 1 heterocycles. The van der Waals surface area contributed by atoms with Crippen molar-refractivity contribution in [1.82, 2.24) is 4.57 Å². The van der Waals surface area contributed by atoms with Gasteiger partial charge in [0.1, 0.15) is 0 Å². The highest BCUT2D eigenvalue weighted by Gasteiger charge is 2.16. The normalized spacial score (nSPS) is 11.4. The first-order chi connectivity index (χ1) is 25.8. The largest absolute Gasteiger partial charge is 0.309 e. The van der Waals surface area contributed by atoms with Crippen molar-refractivity contribution in [3.8, 4) is 39.1 Å². The van der Waals surface area contributed by atoms with E-state index in [1.165, 1.54) is 77.6 Å². The van der Waals surface area contributed by atoms with Crippen molar-refractivity contribution >= 4 is 21.8 Å². The highest BCUT2D eigenvalue weighted by atomic mass is 15.0. The first-order valence-electron chi connectivity index (χ1n) is 18.3. The summed E-state index contributed by atoms with van der Waals surface area (Å²) >= 11 is 0. The van der Waals surface area contributed by atoms with Gasteiger partial charge < -0.3 is 4.57 Å². The van der Waals surface area contributed by atoms with Crippen LogP contribution < -0.4 is 0 Å². The van der Waals surface area contributed by atoms with Gasteiger partial charge in [0, 0.05) is 22.4 Å². The van der Waals surface area contributed by atoms with Gasteiger partial charge in [0.2, 0.25) is 0 Å². The molecular weight excluding hydrogens is 627 g/mol. The van der Waals surface area contributed by atoms with Crippen LogP contribution in [0.15, 0.2) is 206 Å². The van der Waals surface area contributed by atoms with E-state index < -0.39 is 0 Å². The molecule has 0 spiro atoms. The second-order valence-corrected chi connectivity index (χ2v) is 13.7. The average Bonchev–Trinajstić information content (AvgIpc) is 3.56. The Morgan fingerprint density at radius 2 is 0.788 bits per heavy atom. The molecule has 0 aliphatic carbocycles. The van der Waals surface area contributed by atoms with E-state index >= 15 is 0 Å². The van der Waals surface area contributed by atoms with Gasteiger partial charge in [-0.1, -0.05) is 176 Å². The van der Waals surface area contributed by atoms with Crippen molar-refractivity contribution in [2.24, 2.45) is 0 Å². The molecule has 0 aliphatic heterocycles. The summed E-state index contributed by atoms with van der Waals surface area (Å²) in [6, 6.07) is 75.2. The van der Waals surface area contributed by atoms with E-state index in [0.717, 1.165) is 12.8 Å². The van der Waals surface area contributed by atoms with Crippen LogP contribution in [0.2, 0.25) is 0 Å². The summed E-state index contributed by atoms with van der Waals surface area (Å²) in [4.78, 5) is 0. The minimum absolute atomic E-state index is 0.290. The van der Waals surface area contributed by atoms with Crippen LogP contribution in [0.3, 0.4) is 0 Å². The summed E-state index contributed by atoms with van der Waals surface area (Å²) < 4.78 is 2.37. The number of rotatable bonds is 9. The van der Waals surface area contributed by atoms with Crippen molar-refractivity contribution in [1.29, 1.82) is 0 Å². The SMILES string of the molecule is c1ccc(-c2ccc(C(CCc3ccc(-c4ccc5c(c4)c4ccccc4n5-c4ccccc4)cc3)c3ccc(-c4ccccc4)cc3)cc2)cc1. The molecule has 0 amide bonds. The topological polar surface area (TPSA) is 4.93 Å². The fourth-order valence-corrected chi connectivity index (χ4v) is 7.79. The molecule has 0 aliphatic rings. The molecule has 0 unspecified atom stereocenters. The third-order valence-electron chi connectivity index (χ3n) is 10.5. The maximum atomic E-state index is 2.37. The van der Waals surface area contributed by atoms with E-state index in [0.29, 0.717) is 5.92 Å². The van der Waals surface area contributed by atoms with Crippen LogP contribution in [-0.2, 0) is 6.42 Å². The molecule has 0 fully saturated rings. The molecule has 0 bridgehead atoms. The smallest absolute Gasteiger partial charge is 0.0541 e. The lowest BCUT2D eigenvalue weighted by Gasteiger charge is -2.20. The van der Waals surface area contributed by atoms with Crippen molar-refractivity contribution in [2.75, 3.05) is 0 Å². The lowest BCUT2D eigenvalue weighted by atomic mass is 9.85. The minimum atomic E-state index is 0.290. The molecular formula is C51H39N. The molecule has 1 heteroatoms. The van der Waals surface area contributed by atoms with Gasteiger partial charge in [0.15, 0.2) is 0 Å². The number of aromatic nitrogens is 1. The Morgan fingerprint density at radius 3 is 1.38 bits per heavy atom. The lowest BCUT2D eigenvalue weighted by Crippen LogP contribution is -2.03. The van der Waals surface area contributed by atoms with E-state index in [2.05, 4.69) is 211 Å². The van der Waals surface area contributed by atoms with Gasteiger partial charge in [-0.3, -0.25) is 0 Å². The Balaban J connectivity index is 0.991. The number of para-hydroxylation sites is 2. The van der Waals surface area contributed by atoms with E-state index in [1.54, 1.807) is 0 Å². The zero-order valence-electron chi connectivity index (χ0n) is 29.1. The monoisotopic (exact) mass is 665 g/mol. The van der Waals surface area contributed by atoms with Crippen LogP contribution in [-0.4, -0.2) is 4.57 Å². The zero-order chi connectivity index (χ0) is 34.7. The molecule has 0 N–H and O–H groups in total. The Kier molecular flexibility index (Phi) is 8.52. The predicted molar refractivity (Wildman–Crippen MR) is 220 cm³/mol. The minimum Gasteiger partial charge on any atom is -0.309 e. The second-order valence-electron chi connectivity index (χ2n) is 13.7. The van der Waals surface area contributed by atoms with E-state index in [9.17, 15) is 0 Å². The van der Waals surface area contributed by atoms with Crippen LogP contribution in [0.5, 0.6) is 0 Å². The van der Waals surface area contributed by atoms with E-state index in [1.807, 2.05) is 0 Å². The van der Waals surface area contributed by atoms with Gasteiger partial charge in [0.05, 0.1) is 11.0 Å². The third kappa shape index (κ3) is 6.23. The highest BCUT2D eigenvalue weighted by molar-refractivity contribution is 6.10. The van der Waals surface area contributed by atoms with Crippen molar-refractivity contribution < 1.29 is 0 Å². The second kappa shape index (κ2) is 14.1. The molecule has 1 nitrogen and oxygen atoms in total. The van der Waals surface area contributed by atoms with Crippen LogP contribution >= 0.6 is 0 Å². The summed E-state index contributed by atoms with van der Waals surface area (Å²) in [6.45, 7) is 0. The molecule has 9 aromatic rings. The molecule has 0 atom stereocenters. The third-order valence-corrected chi connectivity index (χ3v) is 10.5. The van der Waals surface area contributed by atoms with Crippen molar-refractivity contribution in [2.45, 2.75) is 18.8 Å². The highest BCUT2D eigenvalue weighted by Crippen LogP contribution is 2.36. The first kappa shape index (κ1) is 31.5. The van der Waals surface area contributed by atoms with Gasteiger partial charge in [-0.2, -0.15) is 0 Å². The van der Waals surface area contributed by atoms with Crippen molar-refractivity contribution in [3.63, 3.8) is 0 Å². The first-order valence-corrected chi connectivity index (χ1v) is 18.3. The fraction of sp³-hybridized carbons (Fsp3) is 0.0588. The maximum absolute atomic E-state index is 2.37. The number of benzene rings is 8. The Labute approximate surface area is 306 Å². The average molecular weight is 666 g/mol. The number of aryl methyl sites for hydroxylation is 1. The van der Waals surface area contributed by atoms with Crippen LogP contribution in [0.4, 0.5) is 0 Å². The van der Waals surface area contributed by atoms with Crippen LogP contribution in [0.25, 0.3) is 60.9 Å². The van der Waals surface area contributed by atoms with E-state index in [4.69, 9.17) is 0 Å². The van der Waals surface area contributed by atoms with Crippen molar-refractivity contribution in [3.05, 3.63) is 223 Å². The molecule has 8 aromatic carbocycles. The predicted octanol–water partition coefficient (Wildman–Crippen LogP) is 13.5. The Hall–Kier alpha value is -6.44. The number of nitrogens with zero attached hydrogens (tertiary/aromatic N) is 1. The quantitative estimate of drug-likeness (QED) is 0.145. The Morgan fingerprint density at radius 1 is 0.346 bits per heavy atom. The summed E-state index contributed by atoms with van der Waals surface area (Å²) in [5, 5.41) is 2.56. The van der Waals surface area contributed by atoms with Gasteiger partial charge in [0.25, 0.3) is 0 Å². The van der Waals surface area contributed by atoms with Crippen LogP contribution in [0, 0.1) is 0 Å².